The van der Waals surface area contributed by atoms with Crippen molar-refractivity contribution in [3.05, 3.63) is 28.0 Å². The highest BCUT2D eigenvalue weighted by Gasteiger charge is 2.10. The van der Waals surface area contributed by atoms with Crippen LogP contribution < -0.4 is 5.32 Å². The van der Waals surface area contributed by atoms with Crippen molar-refractivity contribution in [3.63, 3.8) is 0 Å². The zero-order chi connectivity index (χ0) is 12.5. The first-order valence-electron chi connectivity index (χ1n) is 5.36. The Morgan fingerprint density at radius 1 is 1.47 bits per heavy atom. The molecule has 0 saturated carbocycles. The van der Waals surface area contributed by atoms with Crippen molar-refractivity contribution in [2.75, 3.05) is 26.4 Å². The standard InChI is InChI=1S/C10H16N2O5/c13-5-7-16-6-1-4-11-8-9-2-3-10(17-9)12(14)15/h2-3,11,13H,1,4-8H2. The van der Waals surface area contributed by atoms with Gasteiger partial charge >= 0.3 is 5.88 Å². The van der Waals surface area contributed by atoms with Gasteiger partial charge in [0.15, 0.2) is 0 Å². The van der Waals surface area contributed by atoms with Gasteiger partial charge in [0.05, 0.1) is 25.8 Å². The van der Waals surface area contributed by atoms with Crippen LogP contribution in [-0.2, 0) is 11.3 Å². The van der Waals surface area contributed by atoms with E-state index in [0.717, 1.165) is 13.0 Å². The molecule has 0 aliphatic rings. The highest BCUT2D eigenvalue weighted by atomic mass is 16.6. The Bertz CT molecular complexity index is 339. The Labute approximate surface area is 98.5 Å². The Balaban J connectivity index is 2.07. The lowest BCUT2D eigenvalue weighted by Crippen LogP contribution is -2.16. The molecule has 1 aromatic rings. The van der Waals surface area contributed by atoms with Gasteiger partial charge in [-0.05, 0) is 19.0 Å². The fourth-order valence-corrected chi connectivity index (χ4v) is 1.24. The maximum Gasteiger partial charge on any atom is 0.433 e. The van der Waals surface area contributed by atoms with Crippen molar-refractivity contribution in [1.29, 1.82) is 0 Å². The predicted molar refractivity (Wildman–Crippen MR) is 59.6 cm³/mol. The molecular weight excluding hydrogens is 228 g/mol. The summed E-state index contributed by atoms with van der Waals surface area (Å²) < 4.78 is 10.0. The summed E-state index contributed by atoms with van der Waals surface area (Å²) in [5.41, 5.74) is 0. The molecule has 0 aliphatic heterocycles. The van der Waals surface area contributed by atoms with Gasteiger partial charge in [0.25, 0.3) is 0 Å². The molecule has 7 heteroatoms. The molecule has 0 bridgehead atoms. The van der Waals surface area contributed by atoms with Crippen LogP contribution in [0.1, 0.15) is 12.2 Å². The van der Waals surface area contributed by atoms with Crippen LogP contribution in [0.15, 0.2) is 16.5 Å². The number of rotatable bonds is 9. The summed E-state index contributed by atoms with van der Waals surface area (Å²) in [4.78, 5) is 9.78. The van der Waals surface area contributed by atoms with Gasteiger partial charge in [-0.3, -0.25) is 10.1 Å². The third kappa shape index (κ3) is 5.43. The van der Waals surface area contributed by atoms with E-state index in [0.29, 0.717) is 25.5 Å². The summed E-state index contributed by atoms with van der Waals surface area (Å²) in [6, 6.07) is 2.91. The Kier molecular flexibility index (Phi) is 6.23. The minimum atomic E-state index is -0.563. The van der Waals surface area contributed by atoms with E-state index in [-0.39, 0.29) is 12.5 Å². The topological polar surface area (TPSA) is 97.8 Å². The van der Waals surface area contributed by atoms with Crippen molar-refractivity contribution >= 4 is 5.88 Å². The fraction of sp³-hybridized carbons (Fsp3) is 0.600. The Hall–Kier alpha value is -1.44. The van der Waals surface area contributed by atoms with Crippen LogP contribution >= 0.6 is 0 Å². The van der Waals surface area contributed by atoms with E-state index >= 15 is 0 Å². The summed E-state index contributed by atoms with van der Waals surface area (Å²) in [6.07, 6.45) is 0.808. The molecule has 17 heavy (non-hydrogen) atoms. The molecule has 0 aromatic carbocycles. The minimum Gasteiger partial charge on any atom is -0.404 e. The molecule has 0 saturated heterocycles. The fourth-order valence-electron chi connectivity index (χ4n) is 1.24. The molecule has 0 spiro atoms. The van der Waals surface area contributed by atoms with Crippen LogP contribution in [0, 0.1) is 10.1 Å². The van der Waals surface area contributed by atoms with E-state index < -0.39 is 4.92 Å². The molecule has 1 rings (SSSR count). The van der Waals surface area contributed by atoms with E-state index in [1.54, 1.807) is 6.07 Å². The molecular formula is C10H16N2O5. The van der Waals surface area contributed by atoms with Crippen molar-refractivity contribution in [2.24, 2.45) is 0 Å². The summed E-state index contributed by atoms with van der Waals surface area (Å²) in [5, 5.41) is 21.9. The predicted octanol–water partition coefficient (Wildman–Crippen LogP) is 0.676. The molecule has 0 amide bonds. The van der Waals surface area contributed by atoms with Crippen LogP contribution in [0.25, 0.3) is 0 Å². The zero-order valence-corrected chi connectivity index (χ0v) is 9.42. The second-order valence-electron chi connectivity index (χ2n) is 3.36. The molecule has 0 aliphatic carbocycles. The van der Waals surface area contributed by atoms with Crippen molar-refractivity contribution in [1.82, 2.24) is 5.32 Å². The number of ether oxygens (including phenoxy) is 1. The van der Waals surface area contributed by atoms with Gasteiger partial charge in [0, 0.05) is 6.61 Å². The van der Waals surface area contributed by atoms with E-state index in [2.05, 4.69) is 5.32 Å². The Morgan fingerprint density at radius 2 is 2.29 bits per heavy atom. The van der Waals surface area contributed by atoms with Gasteiger partial charge in [-0.15, -0.1) is 0 Å². The second-order valence-corrected chi connectivity index (χ2v) is 3.36. The van der Waals surface area contributed by atoms with Gasteiger partial charge in [-0.1, -0.05) is 0 Å². The summed E-state index contributed by atoms with van der Waals surface area (Å²) in [6.45, 7) is 2.13. The number of hydrogen-bond donors (Lipinski definition) is 2. The van der Waals surface area contributed by atoms with Crippen LogP contribution in [0.5, 0.6) is 0 Å². The third-order valence-electron chi connectivity index (χ3n) is 2.00. The largest absolute Gasteiger partial charge is 0.433 e. The quantitative estimate of drug-likeness (QED) is 0.376. The molecule has 1 aromatic heterocycles. The van der Waals surface area contributed by atoms with Crippen LogP contribution in [0.4, 0.5) is 5.88 Å². The summed E-state index contributed by atoms with van der Waals surface area (Å²) in [7, 11) is 0. The molecule has 7 nitrogen and oxygen atoms in total. The van der Waals surface area contributed by atoms with Crippen molar-refractivity contribution in [3.8, 4) is 0 Å². The first-order valence-corrected chi connectivity index (χ1v) is 5.36. The van der Waals surface area contributed by atoms with Crippen molar-refractivity contribution in [2.45, 2.75) is 13.0 Å². The maximum atomic E-state index is 10.3. The number of nitro groups is 1. The highest BCUT2D eigenvalue weighted by Crippen LogP contribution is 2.14. The first kappa shape index (κ1) is 13.6. The number of nitrogens with zero attached hydrogens (tertiary/aromatic N) is 1. The molecule has 0 radical (unpaired) electrons. The lowest BCUT2D eigenvalue weighted by atomic mass is 10.4. The van der Waals surface area contributed by atoms with Gasteiger partial charge in [0.2, 0.25) is 0 Å². The highest BCUT2D eigenvalue weighted by molar-refractivity contribution is 5.17. The number of furan rings is 1. The maximum absolute atomic E-state index is 10.3. The van der Waals surface area contributed by atoms with Gasteiger partial charge in [-0.2, -0.15) is 0 Å². The van der Waals surface area contributed by atoms with E-state index in [1.165, 1.54) is 6.07 Å². The second kappa shape index (κ2) is 7.77. The smallest absolute Gasteiger partial charge is 0.404 e. The zero-order valence-electron chi connectivity index (χ0n) is 9.42. The third-order valence-corrected chi connectivity index (χ3v) is 2.00. The van der Waals surface area contributed by atoms with Crippen molar-refractivity contribution < 1.29 is 19.2 Å². The Morgan fingerprint density at radius 3 is 2.94 bits per heavy atom. The van der Waals surface area contributed by atoms with E-state index in [4.69, 9.17) is 14.3 Å². The summed E-state index contributed by atoms with van der Waals surface area (Å²) >= 11 is 0. The molecule has 0 fully saturated rings. The van der Waals surface area contributed by atoms with Gasteiger partial charge in [0.1, 0.15) is 10.7 Å². The van der Waals surface area contributed by atoms with E-state index in [9.17, 15) is 10.1 Å². The molecule has 2 N–H and O–H groups in total. The lowest BCUT2D eigenvalue weighted by molar-refractivity contribution is -0.402. The SMILES string of the molecule is O=[N+]([O-])c1ccc(CNCCCOCCO)o1. The minimum absolute atomic E-state index is 0.0312. The van der Waals surface area contributed by atoms with Crippen LogP contribution in [-0.4, -0.2) is 36.4 Å². The molecule has 1 heterocycles. The normalized spacial score (nSPS) is 10.6. The molecule has 0 unspecified atom stereocenters. The monoisotopic (exact) mass is 244 g/mol. The number of hydrogen-bond acceptors (Lipinski definition) is 6. The van der Waals surface area contributed by atoms with E-state index in [1.807, 2.05) is 0 Å². The number of nitrogens with one attached hydrogen (secondary N) is 1. The average molecular weight is 244 g/mol. The van der Waals surface area contributed by atoms with Crippen LogP contribution in [0.2, 0.25) is 0 Å². The summed E-state index contributed by atoms with van der Waals surface area (Å²) in [5.74, 6) is 0.293. The van der Waals surface area contributed by atoms with Gasteiger partial charge in [-0.25, -0.2) is 0 Å². The molecule has 96 valence electrons. The number of aliphatic hydroxyl groups is 1. The average Bonchev–Trinajstić information content (AvgIpc) is 2.77. The lowest BCUT2D eigenvalue weighted by Gasteiger charge is -2.03. The number of aliphatic hydroxyl groups excluding tert-OH is 1. The van der Waals surface area contributed by atoms with Gasteiger partial charge < -0.3 is 19.6 Å². The van der Waals surface area contributed by atoms with Crippen LogP contribution in [0.3, 0.4) is 0 Å². The molecule has 0 atom stereocenters. The first-order chi connectivity index (χ1) is 8.24.